The van der Waals surface area contributed by atoms with Crippen molar-refractivity contribution in [2.24, 2.45) is 0 Å². The molecule has 0 amide bonds. The van der Waals surface area contributed by atoms with Crippen LogP contribution < -0.4 is 0 Å². The molecule has 62 valence electrons. The summed E-state index contributed by atoms with van der Waals surface area (Å²) in [4.78, 5) is 2.28. The Balaban J connectivity index is 3.30. The van der Waals surface area contributed by atoms with Crippen molar-refractivity contribution in [3.63, 3.8) is 0 Å². The molecule has 0 saturated carbocycles. The first-order valence-electron chi connectivity index (χ1n) is 3.69. The number of hydrogen-bond acceptors (Lipinski definition) is 1. The van der Waals surface area contributed by atoms with Crippen LogP contribution in [-0.4, -0.2) is 36.3 Å². The van der Waals surface area contributed by atoms with E-state index in [-0.39, 0.29) is 0 Å². The lowest BCUT2D eigenvalue weighted by Crippen LogP contribution is -2.28. The fraction of sp³-hybridized carbons (Fsp3) is 1.00. The number of halogens is 2. The summed E-state index contributed by atoms with van der Waals surface area (Å²) in [6.45, 7) is 5.19. The lowest BCUT2D eigenvalue weighted by atomic mass is 10.4. The standard InChI is InChI=1S/C7H15Cl2N/c1-2-5-10(6-3-8)7-4-9/h2-7H2,1H3. The third kappa shape index (κ3) is 5.33. The van der Waals surface area contributed by atoms with Crippen LogP contribution in [0.5, 0.6) is 0 Å². The van der Waals surface area contributed by atoms with Crippen LogP contribution in [-0.2, 0) is 0 Å². The molecule has 1 nitrogen and oxygen atoms in total. The molecule has 0 aliphatic rings. The number of alkyl halides is 2. The molecular weight excluding hydrogens is 169 g/mol. The molecule has 0 aromatic heterocycles. The van der Waals surface area contributed by atoms with E-state index in [1.807, 2.05) is 0 Å². The summed E-state index contributed by atoms with van der Waals surface area (Å²) in [5.41, 5.74) is 0. The molecule has 0 aromatic carbocycles. The van der Waals surface area contributed by atoms with Crippen LogP contribution in [0.25, 0.3) is 0 Å². The normalized spacial score (nSPS) is 10.8. The summed E-state index contributed by atoms with van der Waals surface area (Å²) in [5.74, 6) is 1.41. The Labute approximate surface area is 73.3 Å². The zero-order valence-corrected chi connectivity index (χ0v) is 7.96. The summed E-state index contributed by atoms with van der Waals surface area (Å²) >= 11 is 11.2. The Morgan fingerprint density at radius 3 is 1.80 bits per heavy atom. The molecule has 0 atom stereocenters. The molecule has 3 heteroatoms. The van der Waals surface area contributed by atoms with Crippen molar-refractivity contribution in [2.45, 2.75) is 13.3 Å². The summed E-state index contributed by atoms with van der Waals surface area (Å²) in [6.07, 6.45) is 1.17. The topological polar surface area (TPSA) is 3.24 Å². The molecule has 0 spiro atoms. The van der Waals surface area contributed by atoms with E-state index in [0.717, 1.165) is 19.6 Å². The summed E-state index contributed by atoms with van der Waals surface area (Å²) in [7, 11) is 0. The minimum atomic E-state index is 0.705. The predicted octanol–water partition coefficient (Wildman–Crippen LogP) is 2.18. The van der Waals surface area contributed by atoms with Crippen molar-refractivity contribution in [1.29, 1.82) is 0 Å². The Kier molecular flexibility index (Phi) is 8.06. The van der Waals surface area contributed by atoms with Gasteiger partial charge in [0, 0.05) is 24.8 Å². The van der Waals surface area contributed by atoms with E-state index in [1.165, 1.54) is 6.42 Å². The summed E-state index contributed by atoms with van der Waals surface area (Å²) in [6, 6.07) is 0. The summed E-state index contributed by atoms with van der Waals surface area (Å²) in [5, 5.41) is 0. The van der Waals surface area contributed by atoms with Crippen molar-refractivity contribution in [3.05, 3.63) is 0 Å². The van der Waals surface area contributed by atoms with Crippen LogP contribution in [0.15, 0.2) is 0 Å². The maximum absolute atomic E-state index is 5.58. The van der Waals surface area contributed by atoms with Crippen molar-refractivity contribution in [1.82, 2.24) is 4.90 Å². The summed E-state index contributed by atoms with van der Waals surface area (Å²) < 4.78 is 0. The van der Waals surface area contributed by atoms with Crippen LogP contribution in [0, 0.1) is 0 Å². The second-order valence-corrected chi connectivity index (χ2v) is 2.98. The molecular formula is C7H15Cl2N. The molecule has 10 heavy (non-hydrogen) atoms. The highest BCUT2D eigenvalue weighted by molar-refractivity contribution is 6.18. The van der Waals surface area contributed by atoms with Crippen molar-refractivity contribution < 1.29 is 0 Å². The van der Waals surface area contributed by atoms with Gasteiger partial charge in [0.1, 0.15) is 0 Å². The van der Waals surface area contributed by atoms with E-state index < -0.39 is 0 Å². The van der Waals surface area contributed by atoms with Gasteiger partial charge in [-0.25, -0.2) is 0 Å². The molecule has 0 radical (unpaired) electrons. The maximum Gasteiger partial charge on any atom is 0.0351 e. The number of nitrogens with zero attached hydrogens (tertiary/aromatic N) is 1. The molecule has 0 aromatic rings. The molecule has 0 fully saturated rings. The number of hydrogen-bond donors (Lipinski definition) is 0. The van der Waals surface area contributed by atoms with Crippen LogP contribution in [0.1, 0.15) is 13.3 Å². The maximum atomic E-state index is 5.58. The lowest BCUT2D eigenvalue weighted by Gasteiger charge is -2.18. The van der Waals surface area contributed by atoms with Crippen molar-refractivity contribution in [2.75, 3.05) is 31.4 Å². The van der Waals surface area contributed by atoms with Gasteiger partial charge in [-0.3, -0.25) is 0 Å². The SMILES string of the molecule is CCCN(CCCl)CCCl. The second-order valence-electron chi connectivity index (χ2n) is 2.22. The van der Waals surface area contributed by atoms with E-state index in [9.17, 15) is 0 Å². The van der Waals surface area contributed by atoms with Gasteiger partial charge in [-0.1, -0.05) is 6.92 Å². The van der Waals surface area contributed by atoms with Gasteiger partial charge in [0.15, 0.2) is 0 Å². The molecule has 0 saturated heterocycles. The molecule has 0 N–H and O–H groups in total. The molecule has 0 bridgehead atoms. The monoisotopic (exact) mass is 183 g/mol. The molecule has 0 aliphatic heterocycles. The molecule has 0 unspecified atom stereocenters. The van der Waals surface area contributed by atoms with Crippen molar-refractivity contribution in [3.8, 4) is 0 Å². The zero-order valence-electron chi connectivity index (χ0n) is 6.45. The van der Waals surface area contributed by atoms with Crippen LogP contribution in [0.4, 0.5) is 0 Å². The minimum absolute atomic E-state index is 0.705. The van der Waals surface area contributed by atoms with Gasteiger partial charge in [0.05, 0.1) is 0 Å². The van der Waals surface area contributed by atoms with Gasteiger partial charge in [0.25, 0.3) is 0 Å². The van der Waals surface area contributed by atoms with Crippen LogP contribution in [0.2, 0.25) is 0 Å². The Bertz CT molecular complexity index is 54.4. The van der Waals surface area contributed by atoms with Gasteiger partial charge in [-0.05, 0) is 13.0 Å². The third-order valence-corrected chi connectivity index (χ3v) is 1.68. The second kappa shape index (κ2) is 7.64. The highest BCUT2D eigenvalue weighted by Gasteiger charge is 1.99. The van der Waals surface area contributed by atoms with Gasteiger partial charge < -0.3 is 4.90 Å². The molecule has 0 heterocycles. The average molecular weight is 184 g/mol. The highest BCUT2D eigenvalue weighted by Crippen LogP contribution is 1.93. The van der Waals surface area contributed by atoms with Gasteiger partial charge in [-0.15, -0.1) is 23.2 Å². The molecule has 0 rings (SSSR count). The van der Waals surface area contributed by atoms with Gasteiger partial charge in [-0.2, -0.15) is 0 Å². The van der Waals surface area contributed by atoms with E-state index in [4.69, 9.17) is 23.2 Å². The lowest BCUT2D eigenvalue weighted by molar-refractivity contribution is 0.308. The fourth-order valence-corrected chi connectivity index (χ4v) is 1.37. The average Bonchev–Trinajstić information content (AvgIpc) is 1.90. The zero-order chi connectivity index (χ0) is 7.82. The quantitative estimate of drug-likeness (QED) is 0.572. The van der Waals surface area contributed by atoms with Crippen LogP contribution in [0.3, 0.4) is 0 Å². The van der Waals surface area contributed by atoms with Gasteiger partial charge in [0.2, 0.25) is 0 Å². The highest BCUT2D eigenvalue weighted by atomic mass is 35.5. The first kappa shape index (κ1) is 10.5. The van der Waals surface area contributed by atoms with E-state index in [2.05, 4.69) is 11.8 Å². The third-order valence-electron chi connectivity index (χ3n) is 1.34. The first-order chi connectivity index (χ1) is 4.85. The van der Waals surface area contributed by atoms with E-state index in [0.29, 0.717) is 11.8 Å². The van der Waals surface area contributed by atoms with Crippen molar-refractivity contribution >= 4 is 23.2 Å². The molecule has 0 aliphatic carbocycles. The smallest absolute Gasteiger partial charge is 0.0351 e. The number of rotatable bonds is 6. The predicted molar refractivity (Wildman–Crippen MR) is 48.2 cm³/mol. The Morgan fingerprint density at radius 2 is 1.50 bits per heavy atom. The van der Waals surface area contributed by atoms with E-state index in [1.54, 1.807) is 0 Å². The van der Waals surface area contributed by atoms with Crippen LogP contribution >= 0.6 is 23.2 Å². The Hall–Kier alpha value is 0.540. The minimum Gasteiger partial charge on any atom is -0.301 e. The first-order valence-corrected chi connectivity index (χ1v) is 4.76. The van der Waals surface area contributed by atoms with E-state index >= 15 is 0 Å². The van der Waals surface area contributed by atoms with Gasteiger partial charge >= 0.3 is 0 Å². The Morgan fingerprint density at radius 1 is 1.00 bits per heavy atom. The largest absolute Gasteiger partial charge is 0.301 e. The fourth-order valence-electron chi connectivity index (χ4n) is 0.891.